The number of nitro groups is 1. The van der Waals surface area contributed by atoms with Crippen LogP contribution in [-0.4, -0.2) is 9.91 Å². The molecule has 0 saturated carbocycles. The van der Waals surface area contributed by atoms with Crippen LogP contribution in [0.1, 0.15) is 10.4 Å². The van der Waals surface area contributed by atoms with Crippen LogP contribution < -0.4 is 5.32 Å². The van der Waals surface area contributed by atoms with E-state index in [0.717, 1.165) is 4.70 Å². The molecule has 7 heteroatoms. The minimum atomic E-state index is -0.369. The maximum Gasteiger partial charge on any atom is 0.319 e. The van der Waals surface area contributed by atoms with E-state index in [0.29, 0.717) is 17.7 Å². The predicted molar refractivity (Wildman–Crippen MR) is 82.7 cm³/mol. The summed E-state index contributed by atoms with van der Waals surface area (Å²) in [7, 11) is 0. The molecular weight excluding hydrogens is 294 g/mol. The molecule has 2 heterocycles. The van der Waals surface area contributed by atoms with E-state index in [-0.39, 0.29) is 10.6 Å². The van der Waals surface area contributed by atoms with Gasteiger partial charge in [0.1, 0.15) is 5.69 Å². The lowest BCUT2D eigenvalue weighted by atomic mass is 10.2. The van der Waals surface area contributed by atoms with Crippen LogP contribution in [0.2, 0.25) is 0 Å². The second-order valence-corrected chi connectivity index (χ2v) is 6.19. The largest absolute Gasteiger partial charge is 0.375 e. The fourth-order valence-corrected chi connectivity index (χ4v) is 3.53. The van der Waals surface area contributed by atoms with Crippen LogP contribution in [0.4, 0.5) is 11.4 Å². The first-order chi connectivity index (χ1) is 9.66. The third-order valence-electron chi connectivity index (χ3n) is 3.07. The van der Waals surface area contributed by atoms with Gasteiger partial charge in [-0.25, -0.2) is 4.98 Å². The molecule has 0 atom stereocenters. The van der Waals surface area contributed by atoms with E-state index in [1.165, 1.54) is 21.8 Å². The summed E-state index contributed by atoms with van der Waals surface area (Å²) >= 11 is 3.05. The Balaban J connectivity index is 1.96. The number of fused-ring (bicyclic) bond motifs is 1. The van der Waals surface area contributed by atoms with Crippen molar-refractivity contribution in [3.05, 3.63) is 49.6 Å². The molecule has 0 amide bonds. The van der Waals surface area contributed by atoms with Crippen molar-refractivity contribution in [2.24, 2.45) is 0 Å². The van der Waals surface area contributed by atoms with Crippen LogP contribution in [-0.2, 0) is 6.54 Å². The second kappa shape index (κ2) is 5.18. The number of nitro benzene ring substituents is 1. The first-order valence-corrected chi connectivity index (χ1v) is 7.70. The predicted octanol–water partition coefficient (Wildman–Crippen LogP) is 4.19. The third-order valence-corrected chi connectivity index (χ3v) is 4.88. The van der Waals surface area contributed by atoms with Crippen molar-refractivity contribution in [1.29, 1.82) is 0 Å². The molecule has 0 aliphatic heterocycles. The molecular formula is C13H11N3O2S2. The van der Waals surface area contributed by atoms with Crippen molar-refractivity contribution in [3.8, 4) is 0 Å². The number of rotatable bonds is 4. The molecule has 0 bridgehead atoms. The highest BCUT2D eigenvalue weighted by molar-refractivity contribution is 7.16. The van der Waals surface area contributed by atoms with Crippen LogP contribution in [0.3, 0.4) is 0 Å². The van der Waals surface area contributed by atoms with Crippen molar-refractivity contribution in [3.63, 3.8) is 0 Å². The summed E-state index contributed by atoms with van der Waals surface area (Å²) in [5.74, 6) is 0. The Hall–Kier alpha value is -1.99. The number of nitrogens with one attached hydrogen (secondary N) is 1. The minimum Gasteiger partial charge on any atom is -0.375 e. The Bertz CT molecular complexity index is 779. The monoisotopic (exact) mass is 305 g/mol. The minimum absolute atomic E-state index is 0.0537. The van der Waals surface area contributed by atoms with Crippen molar-refractivity contribution in [1.82, 2.24) is 4.98 Å². The normalized spacial score (nSPS) is 10.8. The van der Waals surface area contributed by atoms with Gasteiger partial charge in [0.2, 0.25) is 0 Å². The van der Waals surface area contributed by atoms with Gasteiger partial charge in [0.15, 0.2) is 5.52 Å². The summed E-state index contributed by atoms with van der Waals surface area (Å²) in [5.41, 5.74) is 3.84. The van der Waals surface area contributed by atoms with Gasteiger partial charge in [-0.15, -0.1) is 22.7 Å². The molecule has 0 aliphatic carbocycles. The first kappa shape index (κ1) is 13.0. The fourth-order valence-electron chi connectivity index (χ4n) is 2.01. The van der Waals surface area contributed by atoms with E-state index in [9.17, 15) is 10.1 Å². The zero-order valence-corrected chi connectivity index (χ0v) is 12.3. The zero-order valence-electron chi connectivity index (χ0n) is 10.6. The van der Waals surface area contributed by atoms with Crippen molar-refractivity contribution < 1.29 is 4.92 Å². The van der Waals surface area contributed by atoms with Crippen molar-refractivity contribution in [2.45, 2.75) is 13.5 Å². The van der Waals surface area contributed by atoms with E-state index in [1.807, 2.05) is 24.4 Å². The van der Waals surface area contributed by atoms with Gasteiger partial charge in [0.25, 0.3) is 0 Å². The number of aryl methyl sites for hydroxylation is 1. The van der Waals surface area contributed by atoms with Gasteiger partial charge in [0, 0.05) is 11.4 Å². The molecule has 0 fully saturated rings. The average Bonchev–Trinajstić information content (AvgIpc) is 3.03. The number of thiazole rings is 1. The van der Waals surface area contributed by atoms with Crippen LogP contribution in [0.5, 0.6) is 0 Å². The van der Waals surface area contributed by atoms with Gasteiger partial charge in [-0.2, -0.15) is 0 Å². The number of hydrogen-bond donors (Lipinski definition) is 1. The van der Waals surface area contributed by atoms with E-state index in [2.05, 4.69) is 10.3 Å². The van der Waals surface area contributed by atoms with Gasteiger partial charge in [-0.05, 0) is 36.1 Å². The van der Waals surface area contributed by atoms with E-state index >= 15 is 0 Å². The number of hydrogen-bond acceptors (Lipinski definition) is 6. The van der Waals surface area contributed by atoms with Crippen molar-refractivity contribution >= 4 is 44.3 Å². The molecule has 0 aliphatic rings. The van der Waals surface area contributed by atoms with Gasteiger partial charge < -0.3 is 5.32 Å². The quantitative estimate of drug-likeness (QED) is 0.580. The smallest absolute Gasteiger partial charge is 0.319 e. The fraction of sp³-hybridized carbons (Fsp3) is 0.154. The van der Waals surface area contributed by atoms with Crippen LogP contribution >= 0.6 is 22.7 Å². The van der Waals surface area contributed by atoms with Gasteiger partial charge in [-0.3, -0.25) is 10.1 Å². The van der Waals surface area contributed by atoms with E-state index in [4.69, 9.17) is 0 Å². The number of aromatic nitrogens is 1. The molecule has 3 rings (SSSR count). The van der Waals surface area contributed by atoms with Gasteiger partial charge in [0.05, 0.1) is 15.1 Å². The Kier molecular flexibility index (Phi) is 3.37. The summed E-state index contributed by atoms with van der Waals surface area (Å²) in [6, 6.07) is 5.66. The Labute approximate surface area is 123 Å². The highest BCUT2D eigenvalue weighted by Crippen LogP contribution is 2.34. The topological polar surface area (TPSA) is 68.1 Å². The number of nitrogens with zero attached hydrogens (tertiary/aromatic N) is 2. The molecule has 1 aromatic carbocycles. The lowest BCUT2D eigenvalue weighted by Gasteiger charge is -2.07. The summed E-state index contributed by atoms with van der Waals surface area (Å²) < 4.78 is 0.828. The molecule has 5 nitrogen and oxygen atoms in total. The average molecular weight is 305 g/mol. The second-order valence-electron chi connectivity index (χ2n) is 4.30. The number of thiophene rings is 1. The molecule has 3 aromatic rings. The lowest BCUT2D eigenvalue weighted by molar-refractivity contribution is -0.382. The van der Waals surface area contributed by atoms with Crippen LogP contribution in [0, 0.1) is 17.0 Å². The SMILES string of the molecule is Cc1ccsc1CNc1ccc2scnc2c1[N+](=O)[O-]. The van der Waals surface area contributed by atoms with Crippen LogP contribution in [0.25, 0.3) is 10.2 Å². The number of benzene rings is 1. The summed E-state index contributed by atoms with van der Waals surface area (Å²) in [6.07, 6.45) is 0. The Morgan fingerprint density at radius 1 is 1.35 bits per heavy atom. The van der Waals surface area contributed by atoms with E-state index in [1.54, 1.807) is 22.9 Å². The van der Waals surface area contributed by atoms with Gasteiger partial charge >= 0.3 is 5.69 Å². The summed E-state index contributed by atoms with van der Waals surface area (Å²) in [5, 5.41) is 16.5. The molecule has 2 aromatic heterocycles. The van der Waals surface area contributed by atoms with Crippen LogP contribution in [0.15, 0.2) is 29.1 Å². The lowest BCUT2D eigenvalue weighted by Crippen LogP contribution is -2.02. The Morgan fingerprint density at radius 2 is 2.20 bits per heavy atom. The summed E-state index contributed by atoms with van der Waals surface area (Å²) in [6.45, 7) is 2.62. The van der Waals surface area contributed by atoms with Crippen molar-refractivity contribution in [2.75, 3.05) is 5.32 Å². The first-order valence-electron chi connectivity index (χ1n) is 5.94. The molecule has 1 N–H and O–H groups in total. The third kappa shape index (κ3) is 2.25. The molecule has 102 valence electrons. The summed E-state index contributed by atoms with van der Waals surface area (Å²) in [4.78, 5) is 16.2. The maximum absolute atomic E-state index is 11.3. The molecule has 20 heavy (non-hydrogen) atoms. The molecule has 0 unspecified atom stereocenters. The van der Waals surface area contributed by atoms with E-state index < -0.39 is 0 Å². The Morgan fingerprint density at radius 3 is 2.90 bits per heavy atom. The highest BCUT2D eigenvalue weighted by Gasteiger charge is 2.20. The van der Waals surface area contributed by atoms with Gasteiger partial charge in [-0.1, -0.05) is 0 Å². The highest BCUT2D eigenvalue weighted by atomic mass is 32.1. The molecule has 0 saturated heterocycles. The standard InChI is InChI=1S/C13H11N3O2S2/c1-8-4-5-19-11(8)6-14-9-2-3-10-12(15-7-20-10)13(9)16(17)18/h2-5,7,14H,6H2,1H3. The zero-order chi connectivity index (χ0) is 14.1. The molecule has 0 radical (unpaired) electrons. The number of anilines is 1. The maximum atomic E-state index is 11.3. The molecule has 0 spiro atoms.